The van der Waals surface area contributed by atoms with Crippen molar-refractivity contribution in [2.45, 2.75) is 77.0 Å². The van der Waals surface area contributed by atoms with Gasteiger partial charge in [-0.25, -0.2) is 4.98 Å². The number of hydrogen-bond acceptors (Lipinski definition) is 8. The molecule has 1 saturated heterocycles. The molecule has 9 nitrogen and oxygen atoms in total. The maximum absolute atomic E-state index is 14.3. The zero-order valence-electron chi connectivity index (χ0n) is 24.4. The number of allylic oxidation sites excluding steroid dienone is 4. The molecule has 42 heavy (non-hydrogen) atoms. The molecule has 4 fully saturated rings. The molecule has 220 valence electrons. The van der Waals surface area contributed by atoms with Crippen LogP contribution in [-0.2, 0) is 19.1 Å². The zero-order valence-corrected chi connectivity index (χ0v) is 24.4. The Labute approximate surface area is 244 Å². The summed E-state index contributed by atoms with van der Waals surface area (Å²) in [4.78, 5) is 48.4. The summed E-state index contributed by atoms with van der Waals surface area (Å²) in [6.45, 7) is 7.55. The SMILES string of the molecule is CC1(C)O[C@H]2CC3C4CCC5=CC(=O)C=CC5(C)C4[C@@H](O)CC3(C)[C@]2(C(=O)CNC(=O)c2cnc3ccccc3n2)O1. The van der Waals surface area contributed by atoms with Crippen LogP contribution in [0, 0.1) is 28.6 Å². The van der Waals surface area contributed by atoms with Gasteiger partial charge in [-0.15, -0.1) is 0 Å². The molecule has 0 bridgehead atoms. The molecule has 2 heterocycles. The number of ketones is 2. The van der Waals surface area contributed by atoms with Gasteiger partial charge in [-0.1, -0.05) is 37.6 Å². The lowest BCUT2D eigenvalue weighted by molar-refractivity contribution is -0.224. The highest BCUT2D eigenvalue weighted by Gasteiger charge is 2.76. The van der Waals surface area contributed by atoms with Gasteiger partial charge < -0.3 is 19.9 Å². The Bertz CT molecular complexity index is 1580. The predicted octanol–water partition coefficient (Wildman–Crippen LogP) is 3.71. The molecular formula is C33H37N3O6. The second-order valence-electron chi connectivity index (χ2n) is 13.6. The lowest BCUT2D eigenvalue weighted by Crippen LogP contribution is -2.64. The fraction of sp³-hybridized carbons (Fsp3) is 0.545. The van der Waals surface area contributed by atoms with E-state index in [9.17, 15) is 19.5 Å². The third kappa shape index (κ3) is 3.76. The number of carbonyl (C=O) groups is 3. The minimum Gasteiger partial charge on any atom is -0.393 e. The number of ether oxygens (including phenoxy) is 2. The number of carbonyl (C=O) groups excluding carboxylic acids is 3. The van der Waals surface area contributed by atoms with Crippen molar-refractivity contribution >= 4 is 28.5 Å². The van der Waals surface area contributed by atoms with Gasteiger partial charge in [-0.2, -0.15) is 0 Å². The molecule has 0 radical (unpaired) electrons. The van der Waals surface area contributed by atoms with Crippen LogP contribution in [0.15, 0.2) is 54.3 Å². The minimum absolute atomic E-state index is 0.00300. The first-order chi connectivity index (χ1) is 19.9. The molecule has 9 heteroatoms. The second-order valence-corrected chi connectivity index (χ2v) is 13.6. The highest BCUT2D eigenvalue weighted by atomic mass is 16.8. The summed E-state index contributed by atoms with van der Waals surface area (Å²) in [6, 6.07) is 7.29. The molecule has 1 aromatic heterocycles. The van der Waals surface area contributed by atoms with Gasteiger partial charge in [0.2, 0.25) is 0 Å². The molecule has 7 rings (SSSR count). The Morgan fingerprint density at radius 3 is 2.69 bits per heavy atom. The number of aromatic nitrogens is 2. The van der Waals surface area contributed by atoms with Gasteiger partial charge in [0.15, 0.2) is 23.0 Å². The molecule has 1 amide bonds. The third-order valence-electron chi connectivity index (χ3n) is 11.0. The average molecular weight is 572 g/mol. The van der Waals surface area contributed by atoms with E-state index in [4.69, 9.17) is 9.47 Å². The van der Waals surface area contributed by atoms with Crippen molar-refractivity contribution in [2.24, 2.45) is 28.6 Å². The first-order valence-corrected chi connectivity index (χ1v) is 14.9. The van der Waals surface area contributed by atoms with E-state index in [1.807, 2.05) is 38.1 Å². The number of nitrogens with zero attached hydrogens (tertiary/aromatic N) is 2. The van der Waals surface area contributed by atoms with Crippen molar-refractivity contribution in [1.29, 1.82) is 0 Å². The number of rotatable bonds is 4. The summed E-state index contributed by atoms with van der Waals surface area (Å²) < 4.78 is 13.1. The van der Waals surface area contributed by atoms with Crippen molar-refractivity contribution < 1.29 is 29.0 Å². The number of nitrogens with one attached hydrogen (secondary N) is 1. The molecule has 0 spiro atoms. The van der Waals surface area contributed by atoms with Crippen LogP contribution in [0.1, 0.15) is 63.9 Å². The van der Waals surface area contributed by atoms with E-state index < -0.39 is 40.3 Å². The van der Waals surface area contributed by atoms with E-state index in [0.717, 1.165) is 18.4 Å². The Kier molecular flexibility index (Phi) is 5.98. The van der Waals surface area contributed by atoms with Gasteiger partial charge >= 0.3 is 0 Å². The van der Waals surface area contributed by atoms with Gasteiger partial charge in [0.1, 0.15) is 5.69 Å². The third-order valence-corrected chi connectivity index (χ3v) is 11.0. The highest BCUT2D eigenvalue weighted by molar-refractivity contribution is 6.01. The number of benzene rings is 1. The van der Waals surface area contributed by atoms with Crippen LogP contribution in [0.2, 0.25) is 0 Å². The van der Waals surface area contributed by atoms with Gasteiger partial charge in [-0.3, -0.25) is 19.4 Å². The standard InChI is InChI=1S/C33H37N3O6/c1-30(2)41-27-14-21-20-10-9-18-13-19(37)11-12-31(18,3)28(20)25(38)15-32(21,4)33(27,42-30)26(39)17-35-29(40)24-16-34-22-7-5-6-8-23(22)36-24/h5-8,11-13,16,20-21,25,27-28,38H,9-10,14-15,17H2,1-4H3,(H,35,40)/t20?,21?,25-,27-,28?,31?,32?,33+/m0/s1. The summed E-state index contributed by atoms with van der Waals surface area (Å²) >= 11 is 0. The van der Waals surface area contributed by atoms with E-state index in [2.05, 4.69) is 29.1 Å². The second kappa shape index (κ2) is 9.11. The molecule has 5 unspecified atom stereocenters. The molecule has 2 N–H and O–H groups in total. The number of hydrogen-bond donors (Lipinski definition) is 2. The average Bonchev–Trinajstić information content (AvgIpc) is 3.36. The van der Waals surface area contributed by atoms with E-state index >= 15 is 0 Å². The fourth-order valence-electron chi connectivity index (χ4n) is 9.37. The summed E-state index contributed by atoms with van der Waals surface area (Å²) in [5.41, 5.74) is 0.0206. The van der Waals surface area contributed by atoms with Crippen LogP contribution >= 0.6 is 0 Å². The highest BCUT2D eigenvalue weighted by Crippen LogP contribution is 2.70. The minimum atomic E-state index is -1.33. The van der Waals surface area contributed by atoms with Crippen LogP contribution in [0.5, 0.6) is 0 Å². The summed E-state index contributed by atoms with van der Waals surface area (Å²) in [5.74, 6) is -1.66. The van der Waals surface area contributed by atoms with Crippen LogP contribution in [0.4, 0.5) is 0 Å². The van der Waals surface area contributed by atoms with Crippen LogP contribution in [-0.4, -0.2) is 62.7 Å². The number of aliphatic hydroxyl groups is 1. The zero-order chi connectivity index (χ0) is 29.7. The molecule has 3 saturated carbocycles. The molecular weight excluding hydrogens is 534 g/mol. The molecule has 8 atom stereocenters. The van der Waals surface area contributed by atoms with Crippen molar-refractivity contribution in [2.75, 3.05) is 6.54 Å². The van der Waals surface area contributed by atoms with Gasteiger partial charge in [0, 0.05) is 16.7 Å². The molecule has 5 aliphatic rings. The maximum Gasteiger partial charge on any atom is 0.271 e. The van der Waals surface area contributed by atoms with E-state index in [1.165, 1.54) is 6.20 Å². The van der Waals surface area contributed by atoms with Crippen molar-refractivity contribution in [1.82, 2.24) is 15.3 Å². The summed E-state index contributed by atoms with van der Waals surface area (Å²) in [5, 5.41) is 14.6. The quantitative estimate of drug-likeness (QED) is 0.569. The molecule has 1 aliphatic heterocycles. The van der Waals surface area contributed by atoms with Crippen molar-refractivity contribution in [3.05, 3.63) is 60.0 Å². The summed E-state index contributed by atoms with van der Waals surface area (Å²) in [7, 11) is 0. The largest absolute Gasteiger partial charge is 0.393 e. The number of fused-ring (bicyclic) bond motifs is 8. The Hall–Kier alpha value is -3.27. The van der Waals surface area contributed by atoms with Gasteiger partial charge in [0.25, 0.3) is 5.91 Å². The normalized spacial score (nSPS) is 39.6. The molecule has 4 aliphatic carbocycles. The molecule has 2 aromatic rings. The molecule has 1 aromatic carbocycles. The van der Waals surface area contributed by atoms with Gasteiger partial charge in [-0.05, 0) is 75.7 Å². The topological polar surface area (TPSA) is 128 Å². The smallest absolute Gasteiger partial charge is 0.271 e. The Morgan fingerprint density at radius 2 is 1.90 bits per heavy atom. The maximum atomic E-state index is 14.3. The van der Waals surface area contributed by atoms with Crippen molar-refractivity contribution in [3.8, 4) is 0 Å². The fourth-order valence-corrected chi connectivity index (χ4v) is 9.37. The monoisotopic (exact) mass is 571 g/mol. The first-order valence-electron chi connectivity index (χ1n) is 14.9. The van der Waals surface area contributed by atoms with E-state index in [0.29, 0.717) is 23.9 Å². The number of aliphatic hydroxyl groups excluding tert-OH is 1. The summed E-state index contributed by atoms with van der Waals surface area (Å²) in [6.07, 6.45) is 8.11. The Morgan fingerprint density at radius 1 is 1.14 bits per heavy atom. The predicted molar refractivity (Wildman–Crippen MR) is 153 cm³/mol. The van der Waals surface area contributed by atoms with Crippen LogP contribution in [0.25, 0.3) is 11.0 Å². The van der Waals surface area contributed by atoms with E-state index in [1.54, 1.807) is 18.2 Å². The van der Waals surface area contributed by atoms with E-state index in [-0.39, 0.29) is 41.6 Å². The number of Topliss-reactive ketones (excluding diaryl/α,β-unsaturated/α-hetero) is 1. The van der Waals surface area contributed by atoms with Crippen LogP contribution < -0.4 is 5.32 Å². The lowest BCUT2D eigenvalue weighted by Gasteiger charge is -2.60. The van der Waals surface area contributed by atoms with Gasteiger partial charge in [0.05, 0.1) is 36.0 Å². The number of amides is 1. The Balaban J connectivity index is 1.19. The lowest BCUT2D eigenvalue weighted by atomic mass is 9.46. The number of para-hydroxylation sites is 2. The van der Waals surface area contributed by atoms with Crippen LogP contribution in [0.3, 0.4) is 0 Å². The van der Waals surface area contributed by atoms with Crippen molar-refractivity contribution in [3.63, 3.8) is 0 Å². The first kappa shape index (κ1) is 27.6.